The molecule has 0 aliphatic carbocycles. The zero-order valence-electron chi connectivity index (χ0n) is 16.8. The first kappa shape index (κ1) is 21.8. The molecule has 32 heavy (non-hydrogen) atoms. The minimum Gasteiger partial charge on any atom is -0.353 e. The van der Waals surface area contributed by atoms with E-state index in [1.807, 2.05) is 41.8 Å². The Morgan fingerprint density at radius 3 is 2.31 bits per heavy atom. The molecule has 162 valence electrons. The fourth-order valence-corrected chi connectivity index (χ4v) is 3.95. The lowest BCUT2D eigenvalue weighted by molar-refractivity contribution is -0.121. The number of thiophene rings is 1. The van der Waals surface area contributed by atoms with Crippen LogP contribution in [0.4, 0.5) is 0 Å². The highest BCUT2D eigenvalue weighted by molar-refractivity contribution is 9.10. The third kappa shape index (κ3) is 5.27. The van der Waals surface area contributed by atoms with Crippen molar-refractivity contribution in [2.45, 2.75) is 13.1 Å². The van der Waals surface area contributed by atoms with E-state index in [1.54, 1.807) is 12.1 Å². The summed E-state index contributed by atoms with van der Waals surface area (Å²) < 4.78 is 3.37. The number of hydrogen-bond acceptors (Lipinski definition) is 6. The summed E-state index contributed by atoms with van der Waals surface area (Å²) in [5.74, 6) is -0.380. The van der Waals surface area contributed by atoms with Crippen molar-refractivity contribution >= 4 is 33.2 Å². The summed E-state index contributed by atoms with van der Waals surface area (Å²) in [6.45, 7) is 0.187. The second-order valence-electron chi connectivity index (χ2n) is 6.83. The van der Waals surface area contributed by atoms with E-state index in [1.165, 1.54) is 28.2 Å². The fraction of sp³-hybridized carbons (Fsp3) is 0.136. The van der Waals surface area contributed by atoms with E-state index in [-0.39, 0.29) is 36.7 Å². The Labute approximate surface area is 195 Å². The van der Waals surface area contributed by atoms with Gasteiger partial charge in [0.2, 0.25) is 5.91 Å². The van der Waals surface area contributed by atoms with Gasteiger partial charge in [-0.05, 0) is 35.7 Å². The van der Waals surface area contributed by atoms with Gasteiger partial charge in [0.1, 0.15) is 12.2 Å². The molecule has 0 spiro atoms. The molecule has 10 heteroatoms. The van der Waals surface area contributed by atoms with Gasteiger partial charge in [0.25, 0.3) is 11.1 Å². The van der Waals surface area contributed by atoms with E-state index in [4.69, 9.17) is 0 Å². The molecule has 1 amide bonds. The first-order chi connectivity index (χ1) is 15.5. The maximum atomic E-state index is 12.4. The lowest BCUT2D eigenvalue weighted by Gasteiger charge is -2.09. The zero-order valence-corrected chi connectivity index (χ0v) is 19.2. The number of rotatable bonds is 7. The third-order valence-corrected chi connectivity index (χ3v) is 6.01. The second-order valence-corrected chi connectivity index (χ2v) is 8.69. The van der Waals surface area contributed by atoms with Crippen LogP contribution in [0.2, 0.25) is 0 Å². The molecule has 0 saturated carbocycles. The van der Waals surface area contributed by atoms with Crippen LogP contribution in [0.5, 0.6) is 0 Å². The fourth-order valence-electron chi connectivity index (χ4n) is 2.99. The van der Waals surface area contributed by atoms with Gasteiger partial charge in [-0.2, -0.15) is 10.2 Å². The van der Waals surface area contributed by atoms with Gasteiger partial charge in [0.05, 0.1) is 17.1 Å². The Kier molecular flexibility index (Phi) is 6.72. The number of nitrogens with zero attached hydrogens (tertiary/aromatic N) is 4. The van der Waals surface area contributed by atoms with Crippen molar-refractivity contribution in [3.8, 4) is 21.8 Å². The Bertz CT molecular complexity index is 1350. The minimum absolute atomic E-state index is 0.195. The van der Waals surface area contributed by atoms with Crippen LogP contribution in [0, 0.1) is 0 Å². The van der Waals surface area contributed by atoms with E-state index in [0.29, 0.717) is 11.4 Å². The number of benzene rings is 1. The van der Waals surface area contributed by atoms with E-state index in [9.17, 15) is 14.4 Å². The first-order valence-corrected chi connectivity index (χ1v) is 11.4. The van der Waals surface area contributed by atoms with Crippen molar-refractivity contribution in [1.82, 2.24) is 24.9 Å². The summed E-state index contributed by atoms with van der Waals surface area (Å²) in [5, 5.41) is 13.3. The number of nitrogens with one attached hydrogen (secondary N) is 1. The highest BCUT2D eigenvalue weighted by Crippen LogP contribution is 2.21. The largest absolute Gasteiger partial charge is 0.353 e. The molecule has 0 saturated heterocycles. The molecule has 0 unspecified atom stereocenters. The van der Waals surface area contributed by atoms with Crippen LogP contribution in [0.15, 0.2) is 80.1 Å². The molecule has 0 atom stereocenters. The molecule has 4 aromatic rings. The average molecular weight is 512 g/mol. The number of carbonyl (C=O) groups is 1. The number of hydrogen-bond donors (Lipinski definition) is 1. The Hall–Kier alpha value is -3.37. The molecule has 4 rings (SSSR count). The van der Waals surface area contributed by atoms with Crippen LogP contribution in [-0.4, -0.2) is 32.0 Å². The van der Waals surface area contributed by atoms with Crippen molar-refractivity contribution < 1.29 is 4.79 Å². The van der Waals surface area contributed by atoms with Crippen molar-refractivity contribution in [3.63, 3.8) is 0 Å². The average Bonchev–Trinajstić information content (AvgIpc) is 3.32. The van der Waals surface area contributed by atoms with E-state index < -0.39 is 0 Å². The summed E-state index contributed by atoms with van der Waals surface area (Å²) in [6, 6.07) is 17.5. The molecule has 0 fully saturated rings. The van der Waals surface area contributed by atoms with Crippen LogP contribution in [0.25, 0.3) is 21.8 Å². The van der Waals surface area contributed by atoms with Crippen LogP contribution in [-0.2, 0) is 17.9 Å². The maximum Gasteiger partial charge on any atom is 0.267 e. The lowest BCUT2D eigenvalue weighted by Crippen LogP contribution is -2.36. The summed E-state index contributed by atoms with van der Waals surface area (Å²) >= 11 is 4.91. The smallest absolute Gasteiger partial charge is 0.267 e. The first-order valence-electron chi connectivity index (χ1n) is 9.72. The molecule has 1 aromatic carbocycles. The monoisotopic (exact) mass is 511 g/mol. The molecule has 1 N–H and O–H groups in total. The zero-order chi connectivity index (χ0) is 22.5. The molecule has 0 bridgehead atoms. The summed E-state index contributed by atoms with van der Waals surface area (Å²) in [7, 11) is 0. The van der Waals surface area contributed by atoms with Gasteiger partial charge in [-0.15, -0.1) is 11.3 Å². The molecule has 0 aliphatic heterocycles. The molecule has 0 aliphatic rings. The molecule has 8 nitrogen and oxygen atoms in total. The van der Waals surface area contributed by atoms with Crippen LogP contribution in [0.3, 0.4) is 0 Å². The summed E-state index contributed by atoms with van der Waals surface area (Å²) in [6.07, 6.45) is 0. The standard InChI is InChI=1S/C22H18BrN5O3S/c23-16-5-3-15(4-6-16)17-7-9-22(31)28(25-17)14-20(29)24-11-12-27-21(30)10-8-18(26-27)19-2-1-13-32-19/h1-10,13H,11-12,14H2,(H,24,29). The molecular weight excluding hydrogens is 494 g/mol. The van der Waals surface area contributed by atoms with Gasteiger partial charge in [-0.3, -0.25) is 14.4 Å². The van der Waals surface area contributed by atoms with E-state index in [2.05, 4.69) is 31.4 Å². The highest BCUT2D eigenvalue weighted by Gasteiger charge is 2.09. The number of halogens is 1. The molecular formula is C22H18BrN5O3S. The predicted octanol–water partition coefficient (Wildman–Crippen LogP) is 2.77. The summed E-state index contributed by atoms with van der Waals surface area (Å²) in [4.78, 5) is 37.5. The topological polar surface area (TPSA) is 98.9 Å². The Morgan fingerprint density at radius 2 is 1.59 bits per heavy atom. The molecule has 0 radical (unpaired) electrons. The van der Waals surface area contributed by atoms with Crippen molar-refractivity contribution in [2.75, 3.05) is 6.54 Å². The normalized spacial score (nSPS) is 10.8. The highest BCUT2D eigenvalue weighted by atomic mass is 79.9. The van der Waals surface area contributed by atoms with Gasteiger partial charge in [0.15, 0.2) is 0 Å². The summed E-state index contributed by atoms with van der Waals surface area (Å²) in [5.41, 5.74) is 1.50. The van der Waals surface area contributed by atoms with Crippen LogP contribution >= 0.6 is 27.3 Å². The molecule has 3 aromatic heterocycles. The SMILES string of the molecule is O=C(Cn1nc(-c2ccc(Br)cc2)ccc1=O)NCCn1nc(-c2cccs2)ccc1=O. The van der Waals surface area contributed by atoms with E-state index in [0.717, 1.165) is 19.6 Å². The Balaban J connectivity index is 1.39. The Morgan fingerprint density at radius 1 is 0.906 bits per heavy atom. The lowest BCUT2D eigenvalue weighted by atomic mass is 10.1. The van der Waals surface area contributed by atoms with Gasteiger partial charge in [-0.25, -0.2) is 9.36 Å². The van der Waals surface area contributed by atoms with Gasteiger partial charge >= 0.3 is 0 Å². The number of aromatic nitrogens is 4. The minimum atomic E-state index is -0.380. The van der Waals surface area contributed by atoms with Gasteiger partial charge in [0, 0.05) is 28.7 Å². The van der Waals surface area contributed by atoms with Crippen molar-refractivity contribution in [1.29, 1.82) is 0 Å². The number of carbonyl (C=O) groups excluding carboxylic acids is 1. The van der Waals surface area contributed by atoms with Crippen molar-refractivity contribution in [3.05, 3.63) is 91.2 Å². The maximum absolute atomic E-state index is 12.4. The molecule has 3 heterocycles. The third-order valence-electron chi connectivity index (χ3n) is 4.59. The number of amides is 1. The van der Waals surface area contributed by atoms with Crippen LogP contribution in [0.1, 0.15) is 0 Å². The van der Waals surface area contributed by atoms with Gasteiger partial charge < -0.3 is 5.32 Å². The predicted molar refractivity (Wildman–Crippen MR) is 126 cm³/mol. The van der Waals surface area contributed by atoms with E-state index >= 15 is 0 Å². The quantitative estimate of drug-likeness (QED) is 0.411. The van der Waals surface area contributed by atoms with Crippen molar-refractivity contribution in [2.24, 2.45) is 0 Å². The van der Waals surface area contributed by atoms with Gasteiger partial charge in [-0.1, -0.05) is 34.1 Å². The second kappa shape index (κ2) is 9.84. The van der Waals surface area contributed by atoms with Crippen LogP contribution < -0.4 is 16.4 Å².